The molecule has 1 aromatic carbocycles. The molecule has 1 amide bonds. The molecule has 1 atom stereocenters. The molecule has 6 nitrogen and oxygen atoms in total. The van der Waals surface area contributed by atoms with Crippen LogP contribution in [0.15, 0.2) is 54.9 Å². The van der Waals surface area contributed by atoms with E-state index in [9.17, 15) is 9.59 Å². The van der Waals surface area contributed by atoms with Crippen LogP contribution >= 0.6 is 0 Å². The fraction of sp³-hybridized carbons (Fsp3) is 0.320. The van der Waals surface area contributed by atoms with Gasteiger partial charge in [-0.1, -0.05) is 39.0 Å². The summed E-state index contributed by atoms with van der Waals surface area (Å²) in [5.41, 5.74) is 10.7. The van der Waals surface area contributed by atoms with Crippen molar-refractivity contribution in [2.45, 2.75) is 40.2 Å². The number of hydrogen-bond donors (Lipinski definition) is 2. The third-order valence-electron chi connectivity index (χ3n) is 5.55. The summed E-state index contributed by atoms with van der Waals surface area (Å²) >= 11 is 0. The number of nitrogens with zero attached hydrogens (tertiary/aromatic N) is 2. The lowest BCUT2D eigenvalue weighted by atomic mass is 9.85. The van der Waals surface area contributed by atoms with E-state index in [1.165, 1.54) is 0 Å². The molecule has 0 saturated heterocycles. The monoisotopic (exact) mass is 416 g/mol. The zero-order chi connectivity index (χ0) is 22.2. The molecule has 31 heavy (non-hydrogen) atoms. The highest BCUT2D eigenvalue weighted by Crippen LogP contribution is 2.43. The van der Waals surface area contributed by atoms with E-state index in [1.807, 2.05) is 42.5 Å². The van der Waals surface area contributed by atoms with Crippen molar-refractivity contribution in [1.82, 2.24) is 9.55 Å². The van der Waals surface area contributed by atoms with Gasteiger partial charge in [0.15, 0.2) is 5.78 Å². The van der Waals surface area contributed by atoms with E-state index in [-0.39, 0.29) is 17.6 Å². The van der Waals surface area contributed by atoms with Crippen molar-refractivity contribution in [2.24, 2.45) is 17.1 Å². The molecule has 0 spiro atoms. The van der Waals surface area contributed by atoms with Crippen molar-refractivity contribution >= 4 is 23.1 Å². The molecule has 2 aromatic heterocycles. The molecule has 4 rings (SSSR count). The Morgan fingerprint density at radius 1 is 1.13 bits per heavy atom. The Bertz CT molecular complexity index is 1110. The summed E-state index contributed by atoms with van der Waals surface area (Å²) in [5.74, 6) is -0.958. The average molecular weight is 417 g/mol. The van der Waals surface area contributed by atoms with Crippen LogP contribution in [0.1, 0.15) is 43.2 Å². The summed E-state index contributed by atoms with van der Waals surface area (Å²) in [5, 5.41) is 3.50. The minimum absolute atomic E-state index is 0.0404. The molecule has 0 aliphatic heterocycles. The predicted octanol–water partition coefficient (Wildman–Crippen LogP) is 4.57. The zero-order valence-electron chi connectivity index (χ0n) is 18.2. The Balaban J connectivity index is 1.99. The molecular formula is C25H28N4O2. The van der Waals surface area contributed by atoms with Crippen LogP contribution < -0.4 is 11.1 Å². The Morgan fingerprint density at radius 2 is 1.81 bits per heavy atom. The van der Waals surface area contributed by atoms with E-state index in [0.29, 0.717) is 18.5 Å². The van der Waals surface area contributed by atoms with Crippen molar-refractivity contribution in [2.75, 3.05) is 5.32 Å². The van der Waals surface area contributed by atoms with Crippen LogP contribution in [0.4, 0.5) is 11.4 Å². The van der Waals surface area contributed by atoms with Gasteiger partial charge in [-0.15, -0.1) is 0 Å². The second kappa shape index (κ2) is 8.02. The number of nitrogens with two attached hydrogens (primary N) is 1. The Labute approximate surface area is 182 Å². The number of anilines is 2. The maximum atomic E-state index is 13.3. The van der Waals surface area contributed by atoms with Gasteiger partial charge in [-0.2, -0.15) is 0 Å². The highest BCUT2D eigenvalue weighted by atomic mass is 16.1. The van der Waals surface area contributed by atoms with Gasteiger partial charge in [0.2, 0.25) is 5.91 Å². The van der Waals surface area contributed by atoms with Crippen molar-refractivity contribution in [1.29, 1.82) is 0 Å². The molecule has 3 N–H and O–H groups in total. The summed E-state index contributed by atoms with van der Waals surface area (Å²) in [7, 11) is 0. The number of benzene rings is 1. The minimum Gasteiger partial charge on any atom is -0.369 e. The molecule has 0 fully saturated rings. The van der Waals surface area contributed by atoms with Crippen LogP contribution in [0.5, 0.6) is 0 Å². The second-order valence-corrected chi connectivity index (χ2v) is 9.35. The maximum absolute atomic E-state index is 13.3. The molecule has 1 aliphatic rings. The van der Waals surface area contributed by atoms with Crippen molar-refractivity contribution in [3.8, 4) is 11.3 Å². The summed E-state index contributed by atoms with van der Waals surface area (Å²) in [6, 6.07) is 13.7. The van der Waals surface area contributed by atoms with Crippen LogP contribution in [0.3, 0.4) is 0 Å². The molecular weight excluding hydrogens is 388 g/mol. The number of amides is 1. The predicted molar refractivity (Wildman–Crippen MR) is 122 cm³/mol. The summed E-state index contributed by atoms with van der Waals surface area (Å²) in [6.45, 7) is 7.19. The van der Waals surface area contributed by atoms with Crippen LogP contribution in [0, 0.1) is 11.3 Å². The van der Waals surface area contributed by atoms with E-state index in [0.717, 1.165) is 28.3 Å². The number of fused-ring (bicyclic) bond motifs is 1. The van der Waals surface area contributed by atoms with Crippen molar-refractivity contribution in [3.05, 3.63) is 66.1 Å². The molecule has 1 unspecified atom stereocenters. The number of rotatable bonds is 5. The lowest BCUT2D eigenvalue weighted by molar-refractivity contribution is -0.121. The SMILES string of the molecule is CC(C)(C)Cn1c2c(c(Nc3ccccc3)c1-c1ccncc1)C(=O)CC(C(N)=O)C2. The number of aromatic nitrogens is 2. The first-order chi connectivity index (χ1) is 14.7. The smallest absolute Gasteiger partial charge is 0.221 e. The molecule has 0 radical (unpaired) electrons. The summed E-state index contributed by atoms with van der Waals surface area (Å²) in [6.07, 6.45) is 4.11. The van der Waals surface area contributed by atoms with Gasteiger partial charge in [0.25, 0.3) is 0 Å². The Morgan fingerprint density at radius 3 is 2.42 bits per heavy atom. The van der Waals surface area contributed by atoms with E-state index >= 15 is 0 Å². The van der Waals surface area contributed by atoms with Gasteiger partial charge < -0.3 is 15.6 Å². The first-order valence-electron chi connectivity index (χ1n) is 10.5. The number of carbonyl (C=O) groups is 2. The van der Waals surface area contributed by atoms with Gasteiger partial charge in [-0.05, 0) is 29.7 Å². The lowest BCUT2D eigenvalue weighted by Gasteiger charge is -2.26. The standard InChI is InChI=1S/C25H28N4O2/c1-25(2,3)15-29-19-13-17(24(26)31)14-20(30)21(19)22(28-18-7-5-4-6-8-18)23(29)16-9-11-27-12-10-16/h4-12,17,28H,13-15H2,1-3H3,(H2,26,31). The quantitative estimate of drug-likeness (QED) is 0.637. The molecule has 160 valence electrons. The van der Waals surface area contributed by atoms with Gasteiger partial charge in [-0.25, -0.2) is 0 Å². The topological polar surface area (TPSA) is 90.0 Å². The Hall–Kier alpha value is -3.41. The van der Waals surface area contributed by atoms with Crippen molar-refractivity contribution in [3.63, 3.8) is 0 Å². The number of Topliss-reactive ketones (excluding diaryl/α,β-unsaturated/α-hetero) is 1. The fourth-order valence-electron chi connectivity index (χ4n) is 4.26. The first kappa shape index (κ1) is 20.8. The maximum Gasteiger partial charge on any atom is 0.221 e. The number of nitrogens with one attached hydrogen (secondary N) is 1. The number of carbonyl (C=O) groups excluding carboxylic acids is 2. The van der Waals surface area contributed by atoms with Gasteiger partial charge >= 0.3 is 0 Å². The fourth-order valence-corrected chi connectivity index (χ4v) is 4.26. The molecule has 0 bridgehead atoms. The highest BCUT2D eigenvalue weighted by molar-refractivity contribution is 6.09. The third kappa shape index (κ3) is 4.24. The molecule has 0 saturated carbocycles. The summed E-state index contributed by atoms with van der Waals surface area (Å²) in [4.78, 5) is 29.5. The molecule has 1 aliphatic carbocycles. The Kier molecular flexibility index (Phi) is 5.39. The number of para-hydroxylation sites is 1. The van der Waals surface area contributed by atoms with Gasteiger partial charge in [0.05, 0.1) is 22.9 Å². The molecule has 3 aromatic rings. The zero-order valence-corrected chi connectivity index (χ0v) is 18.2. The highest BCUT2D eigenvalue weighted by Gasteiger charge is 2.37. The average Bonchev–Trinajstić information content (AvgIpc) is 3.01. The van der Waals surface area contributed by atoms with E-state index in [1.54, 1.807) is 12.4 Å². The molecule has 2 heterocycles. The lowest BCUT2D eigenvalue weighted by Crippen LogP contribution is -2.32. The number of hydrogen-bond acceptors (Lipinski definition) is 4. The third-order valence-corrected chi connectivity index (χ3v) is 5.55. The minimum atomic E-state index is -0.483. The van der Waals surface area contributed by atoms with Crippen LogP contribution in [-0.2, 0) is 17.8 Å². The van der Waals surface area contributed by atoms with Crippen molar-refractivity contribution < 1.29 is 9.59 Å². The second-order valence-electron chi connectivity index (χ2n) is 9.35. The van der Waals surface area contributed by atoms with E-state index < -0.39 is 11.8 Å². The van der Waals surface area contributed by atoms with Crippen LogP contribution in [0.25, 0.3) is 11.3 Å². The van der Waals surface area contributed by atoms with Gasteiger partial charge in [0.1, 0.15) is 0 Å². The van der Waals surface area contributed by atoms with Gasteiger partial charge in [0, 0.05) is 48.7 Å². The summed E-state index contributed by atoms with van der Waals surface area (Å²) < 4.78 is 2.20. The normalized spacial score (nSPS) is 16.1. The van der Waals surface area contributed by atoms with Crippen LogP contribution in [0.2, 0.25) is 0 Å². The molecule has 6 heteroatoms. The first-order valence-corrected chi connectivity index (χ1v) is 10.5. The number of ketones is 1. The van der Waals surface area contributed by atoms with E-state index in [4.69, 9.17) is 5.73 Å². The van der Waals surface area contributed by atoms with Crippen LogP contribution in [-0.4, -0.2) is 21.2 Å². The number of pyridine rings is 1. The van der Waals surface area contributed by atoms with Gasteiger partial charge in [-0.3, -0.25) is 14.6 Å². The number of primary amides is 1. The van der Waals surface area contributed by atoms with E-state index in [2.05, 4.69) is 35.6 Å². The largest absolute Gasteiger partial charge is 0.369 e.